The Morgan fingerprint density at radius 1 is 1.05 bits per heavy atom. The number of hydrogen-bond donors (Lipinski definition) is 1. The fraction of sp³-hybridized carbons (Fsp3) is 0.667. The second-order valence-electron chi connectivity index (χ2n) is 6.76. The van der Waals surface area contributed by atoms with Crippen LogP contribution in [-0.2, 0) is 6.42 Å². The topological polar surface area (TPSA) is 29.3 Å². The third kappa shape index (κ3) is 4.07. The molecule has 0 amide bonds. The number of rotatable bonds is 6. The average molecular weight is 272 g/mol. The highest BCUT2D eigenvalue weighted by Crippen LogP contribution is 2.33. The van der Waals surface area contributed by atoms with Crippen LogP contribution in [0.4, 0.5) is 0 Å². The Hall–Kier alpha value is -0.860. The average Bonchev–Trinajstić information content (AvgIpc) is 3.32. The van der Waals surface area contributed by atoms with Gasteiger partial charge in [-0.3, -0.25) is 0 Å². The first-order valence-corrected chi connectivity index (χ1v) is 8.33. The van der Waals surface area contributed by atoms with Crippen LogP contribution in [0.25, 0.3) is 0 Å². The Bertz CT molecular complexity index is 391. The van der Waals surface area contributed by atoms with Crippen LogP contribution in [0.1, 0.15) is 37.7 Å². The number of benzene rings is 1. The quantitative estimate of drug-likeness (QED) is 0.862. The zero-order valence-corrected chi connectivity index (χ0v) is 12.5. The highest BCUT2D eigenvalue weighted by molar-refractivity contribution is 5.15. The summed E-state index contributed by atoms with van der Waals surface area (Å²) in [6.45, 7) is 3.76. The lowest BCUT2D eigenvalue weighted by molar-refractivity contribution is 0.177. The van der Waals surface area contributed by atoms with Gasteiger partial charge >= 0.3 is 0 Å². The summed E-state index contributed by atoms with van der Waals surface area (Å²) in [5.74, 6) is 1.73. The molecule has 2 fully saturated rings. The van der Waals surface area contributed by atoms with E-state index in [-0.39, 0.29) is 0 Å². The first kappa shape index (κ1) is 14.1. The van der Waals surface area contributed by atoms with E-state index in [1.54, 1.807) is 0 Å². The SMILES string of the molecule is NC(CCN1CCC(Cc2ccccc2)CC1)C1CC1. The van der Waals surface area contributed by atoms with Crippen molar-refractivity contribution in [3.05, 3.63) is 35.9 Å². The molecule has 2 aliphatic rings. The van der Waals surface area contributed by atoms with Crippen molar-refractivity contribution in [1.82, 2.24) is 4.90 Å². The molecule has 20 heavy (non-hydrogen) atoms. The minimum absolute atomic E-state index is 0.469. The van der Waals surface area contributed by atoms with E-state index in [2.05, 4.69) is 35.2 Å². The van der Waals surface area contributed by atoms with Gasteiger partial charge in [0.1, 0.15) is 0 Å². The van der Waals surface area contributed by atoms with Gasteiger partial charge in [-0.05, 0) is 75.6 Å². The van der Waals surface area contributed by atoms with Crippen LogP contribution >= 0.6 is 0 Å². The summed E-state index contributed by atoms with van der Waals surface area (Å²) < 4.78 is 0. The van der Waals surface area contributed by atoms with Crippen LogP contribution < -0.4 is 5.73 Å². The molecule has 2 N–H and O–H groups in total. The van der Waals surface area contributed by atoms with E-state index in [0.29, 0.717) is 6.04 Å². The minimum Gasteiger partial charge on any atom is -0.327 e. The standard InChI is InChI=1S/C18H28N2/c19-18(17-6-7-17)10-13-20-11-8-16(9-12-20)14-15-4-2-1-3-5-15/h1-5,16-18H,6-14,19H2. The molecule has 1 aliphatic carbocycles. The summed E-state index contributed by atoms with van der Waals surface area (Å²) in [6, 6.07) is 11.4. The second kappa shape index (κ2) is 6.73. The normalized spacial score (nSPS) is 22.9. The van der Waals surface area contributed by atoms with Gasteiger partial charge in [-0.15, -0.1) is 0 Å². The van der Waals surface area contributed by atoms with E-state index in [9.17, 15) is 0 Å². The molecule has 0 spiro atoms. The van der Waals surface area contributed by atoms with Gasteiger partial charge in [-0.25, -0.2) is 0 Å². The molecule has 1 saturated carbocycles. The summed E-state index contributed by atoms with van der Waals surface area (Å²) in [6.07, 6.45) is 7.92. The van der Waals surface area contributed by atoms with Gasteiger partial charge in [-0.2, -0.15) is 0 Å². The van der Waals surface area contributed by atoms with Gasteiger partial charge in [0.25, 0.3) is 0 Å². The predicted molar refractivity (Wildman–Crippen MR) is 84.6 cm³/mol. The van der Waals surface area contributed by atoms with Gasteiger partial charge in [0.2, 0.25) is 0 Å². The Morgan fingerprint density at radius 3 is 2.40 bits per heavy atom. The number of hydrogen-bond acceptors (Lipinski definition) is 2. The highest BCUT2D eigenvalue weighted by Gasteiger charge is 2.28. The summed E-state index contributed by atoms with van der Waals surface area (Å²) in [5, 5.41) is 0. The van der Waals surface area contributed by atoms with Crippen molar-refractivity contribution in [2.24, 2.45) is 17.6 Å². The Kier molecular flexibility index (Phi) is 4.74. The third-order valence-corrected chi connectivity index (χ3v) is 5.08. The summed E-state index contributed by atoms with van der Waals surface area (Å²) >= 11 is 0. The van der Waals surface area contributed by atoms with E-state index in [1.807, 2.05) is 0 Å². The Morgan fingerprint density at radius 2 is 1.75 bits per heavy atom. The molecule has 2 heteroatoms. The van der Waals surface area contributed by atoms with Gasteiger partial charge in [0.05, 0.1) is 0 Å². The molecule has 1 saturated heterocycles. The molecule has 1 aliphatic heterocycles. The molecule has 0 aromatic heterocycles. The monoisotopic (exact) mass is 272 g/mol. The van der Waals surface area contributed by atoms with Crippen molar-refractivity contribution in [3.63, 3.8) is 0 Å². The van der Waals surface area contributed by atoms with Crippen molar-refractivity contribution in [3.8, 4) is 0 Å². The van der Waals surface area contributed by atoms with E-state index < -0.39 is 0 Å². The molecule has 1 atom stereocenters. The molecule has 2 nitrogen and oxygen atoms in total. The lowest BCUT2D eigenvalue weighted by atomic mass is 9.90. The van der Waals surface area contributed by atoms with Crippen LogP contribution in [0.3, 0.4) is 0 Å². The van der Waals surface area contributed by atoms with E-state index in [0.717, 1.165) is 11.8 Å². The molecule has 3 rings (SSSR count). The minimum atomic E-state index is 0.469. The maximum Gasteiger partial charge on any atom is 0.00793 e. The molecule has 0 bridgehead atoms. The van der Waals surface area contributed by atoms with Crippen molar-refractivity contribution < 1.29 is 0 Å². The number of piperidine rings is 1. The van der Waals surface area contributed by atoms with Crippen LogP contribution in [0.5, 0.6) is 0 Å². The zero-order valence-electron chi connectivity index (χ0n) is 12.5. The number of likely N-dealkylation sites (tertiary alicyclic amines) is 1. The maximum atomic E-state index is 6.20. The maximum absolute atomic E-state index is 6.20. The number of nitrogens with two attached hydrogens (primary N) is 1. The third-order valence-electron chi connectivity index (χ3n) is 5.08. The molecule has 1 unspecified atom stereocenters. The summed E-state index contributed by atoms with van der Waals surface area (Å²) in [4.78, 5) is 2.63. The fourth-order valence-electron chi connectivity index (χ4n) is 3.45. The molecule has 0 radical (unpaired) electrons. The first-order chi connectivity index (χ1) is 9.81. The lowest BCUT2D eigenvalue weighted by Gasteiger charge is -2.32. The predicted octanol–water partition coefficient (Wildman–Crippen LogP) is 3.07. The molecular formula is C18H28N2. The lowest BCUT2D eigenvalue weighted by Crippen LogP contribution is -2.37. The van der Waals surface area contributed by atoms with Crippen LogP contribution in [0, 0.1) is 11.8 Å². The molecule has 1 aromatic rings. The number of nitrogens with zero attached hydrogens (tertiary/aromatic N) is 1. The molecule has 1 aromatic carbocycles. The van der Waals surface area contributed by atoms with Crippen molar-refractivity contribution in [2.45, 2.75) is 44.6 Å². The zero-order chi connectivity index (χ0) is 13.8. The van der Waals surface area contributed by atoms with Crippen LogP contribution in [0.2, 0.25) is 0 Å². The van der Waals surface area contributed by atoms with Crippen LogP contribution in [-0.4, -0.2) is 30.6 Å². The van der Waals surface area contributed by atoms with Crippen molar-refractivity contribution in [1.29, 1.82) is 0 Å². The Labute approximate surface area is 123 Å². The fourth-order valence-corrected chi connectivity index (χ4v) is 3.45. The van der Waals surface area contributed by atoms with Gasteiger partial charge in [-0.1, -0.05) is 30.3 Å². The van der Waals surface area contributed by atoms with Gasteiger partial charge < -0.3 is 10.6 Å². The molecular weight excluding hydrogens is 244 g/mol. The second-order valence-corrected chi connectivity index (χ2v) is 6.76. The van der Waals surface area contributed by atoms with Crippen LogP contribution in [0.15, 0.2) is 30.3 Å². The highest BCUT2D eigenvalue weighted by atomic mass is 15.1. The Balaban J connectivity index is 1.36. The largest absolute Gasteiger partial charge is 0.327 e. The van der Waals surface area contributed by atoms with E-state index in [4.69, 9.17) is 5.73 Å². The van der Waals surface area contributed by atoms with Gasteiger partial charge in [0, 0.05) is 6.04 Å². The van der Waals surface area contributed by atoms with E-state index in [1.165, 1.54) is 63.7 Å². The van der Waals surface area contributed by atoms with E-state index >= 15 is 0 Å². The van der Waals surface area contributed by atoms with Crippen molar-refractivity contribution >= 4 is 0 Å². The summed E-state index contributed by atoms with van der Waals surface area (Å²) in [7, 11) is 0. The molecule has 110 valence electrons. The molecule has 1 heterocycles. The first-order valence-electron chi connectivity index (χ1n) is 8.33. The van der Waals surface area contributed by atoms with Gasteiger partial charge in [0.15, 0.2) is 0 Å². The van der Waals surface area contributed by atoms with Crippen molar-refractivity contribution in [2.75, 3.05) is 19.6 Å². The smallest absolute Gasteiger partial charge is 0.00793 e. The summed E-state index contributed by atoms with van der Waals surface area (Å²) in [5.41, 5.74) is 7.70.